The van der Waals surface area contributed by atoms with Crippen LogP contribution in [0.2, 0.25) is 0 Å². The predicted molar refractivity (Wildman–Crippen MR) is 113 cm³/mol. The van der Waals surface area contributed by atoms with Crippen molar-refractivity contribution in [3.05, 3.63) is 65.9 Å². The van der Waals surface area contributed by atoms with Crippen molar-refractivity contribution < 1.29 is 4.79 Å². The first-order valence-electron chi connectivity index (χ1n) is 9.85. The minimum atomic E-state index is 0.0785. The fourth-order valence-electron chi connectivity index (χ4n) is 3.45. The summed E-state index contributed by atoms with van der Waals surface area (Å²) < 4.78 is 0. The van der Waals surface area contributed by atoms with Crippen molar-refractivity contribution in [2.75, 3.05) is 18.4 Å². The number of aromatic amines is 1. The van der Waals surface area contributed by atoms with Crippen LogP contribution in [0, 0.1) is 0 Å². The van der Waals surface area contributed by atoms with Gasteiger partial charge in [0.15, 0.2) is 0 Å². The molecule has 3 aromatic rings. The number of para-hydroxylation sites is 1. The van der Waals surface area contributed by atoms with Crippen molar-refractivity contribution in [1.82, 2.24) is 9.88 Å². The first-order valence-corrected chi connectivity index (χ1v) is 9.85. The van der Waals surface area contributed by atoms with Gasteiger partial charge in [0.1, 0.15) is 0 Å². The third kappa shape index (κ3) is 5.20. The van der Waals surface area contributed by atoms with Crippen LogP contribution in [0.25, 0.3) is 10.9 Å². The van der Waals surface area contributed by atoms with Crippen molar-refractivity contribution in [3.63, 3.8) is 0 Å². The van der Waals surface area contributed by atoms with Gasteiger partial charge in [0.05, 0.1) is 0 Å². The Hall–Kier alpha value is -2.59. The standard InChI is InChI=1S/C23H29N3O/c1-3-26(4-2)17-18-9-7-11-20(15-18)25-23(27)14-8-10-19-16-24-22-13-6-5-12-21(19)22/h5-7,9,11-13,15-16,24H,3-4,8,10,14,17H2,1-2H3,(H,25,27). The lowest BCUT2D eigenvalue weighted by molar-refractivity contribution is -0.116. The van der Waals surface area contributed by atoms with Gasteiger partial charge in [-0.1, -0.05) is 44.2 Å². The summed E-state index contributed by atoms with van der Waals surface area (Å²) in [7, 11) is 0. The van der Waals surface area contributed by atoms with Gasteiger partial charge in [0, 0.05) is 35.8 Å². The highest BCUT2D eigenvalue weighted by atomic mass is 16.1. The van der Waals surface area contributed by atoms with E-state index in [4.69, 9.17) is 0 Å². The normalized spacial score (nSPS) is 11.2. The maximum absolute atomic E-state index is 12.3. The van der Waals surface area contributed by atoms with E-state index in [-0.39, 0.29) is 5.91 Å². The number of nitrogens with zero attached hydrogens (tertiary/aromatic N) is 1. The van der Waals surface area contributed by atoms with Crippen LogP contribution < -0.4 is 5.32 Å². The van der Waals surface area contributed by atoms with E-state index in [9.17, 15) is 4.79 Å². The minimum absolute atomic E-state index is 0.0785. The van der Waals surface area contributed by atoms with E-state index in [0.29, 0.717) is 6.42 Å². The van der Waals surface area contributed by atoms with E-state index < -0.39 is 0 Å². The molecule has 142 valence electrons. The highest BCUT2D eigenvalue weighted by Crippen LogP contribution is 2.20. The molecule has 0 aliphatic carbocycles. The average molecular weight is 364 g/mol. The molecule has 0 spiro atoms. The van der Waals surface area contributed by atoms with E-state index in [1.54, 1.807) is 0 Å². The van der Waals surface area contributed by atoms with Crippen LogP contribution in [-0.4, -0.2) is 28.9 Å². The van der Waals surface area contributed by atoms with E-state index in [0.717, 1.165) is 43.7 Å². The van der Waals surface area contributed by atoms with Crippen molar-refractivity contribution in [3.8, 4) is 0 Å². The number of hydrogen-bond donors (Lipinski definition) is 2. The van der Waals surface area contributed by atoms with Gasteiger partial charge in [0.2, 0.25) is 5.91 Å². The zero-order chi connectivity index (χ0) is 19.1. The summed E-state index contributed by atoms with van der Waals surface area (Å²) in [5.74, 6) is 0.0785. The molecular formula is C23H29N3O. The monoisotopic (exact) mass is 363 g/mol. The molecule has 2 aromatic carbocycles. The summed E-state index contributed by atoms with van der Waals surface area (Å²) in [6.07, 6.45) is 4.32. The lowest BCUT2D eigenvalue weighted by Crippen LogP contribution is -2.22. The van der Waals surface area contributed by atoms with Crippen LogP contribution in [0.5, 0.6) is 0 Å². The second kappa shape index (κ2) is 9.38. The number of anilines is 1. The number of amides is 1. The quantitative estimate of drug-likeness (QED) is 0.564. The molecule has 0 saturated carbocycles. The summed E-state index contributed by atoms with van der Waals surface area (Å²) in [6.45, 7) is 7.31. The largest absolute Gasteiger partial charge is 0.361 e. The fourth-order valence-corrected chi connectivity index (χ4v) is 3.45. The molecule has 4 nitrogen and oxygen atoms in total. The number of carbonyl (C=O) groups excluding carboxylic acids is 1. The van der Waals surface area contributed by atoms with Gasteiger partial charge in [-0.15, -0.1) is 0 Å². The van der Waals surface area contributed by atoms with E-state index in [1.165, 1.54) is 16.5 Å². The molecule has 3 rings (SSSR count). The third-order valence-electron chi connectivity index (χ3n) is 5.04. The molecule has 27 heavy (non-hydrogen) atoms. The van der Waals surface area contributed by atoms with E-state index in [2.05, 4.69) is 65.6 Å². The molecular weight excluding hydrogens is 334 g/mol. The Kier molecular flexibility index (Phi) is 6.66. The number of benzene rings is 2. The van der Waals surface area contributed by atoms with Crippen LogP contribution >= 0.6 is 0 Å². The van der Waals surface area contributed by atoms with E-state index in [1.807, 2.05) is 18.2 Å². The van der Waals surface area contributed by atoms with E-state index >= 15 is 0 Å². The lowest BCUT2D eigenvalue weighted by atomic mass is 10.1. The molecule has 2 N–H and O–H groups in total. The Morgan fingerprint density at radius 2 is 1.89 bits per heavy atom. The second-order valence-corrected chi connectivity index (χ2v) is 6.92. The summed E-state index contributed by atoms with van der Waals surface area (Å²) in [6, 6.07) is 16.5. The van der Waals surface area contributed by atoms with Crippen LogP contribution in [0.4, 0.5) is 5.69 Å². The zero-order valence-corrected chi connectivity index (χ0v) is 16.3. The van der Waals surface area contributed by atoms with Gasteiger partial charge >= 0.3 is 0 Å². The van der Waals surface area contributed by atoms with Crippen molar-refractivity contribution >= 4 is 22.5 Å². The van der Waals surface area contributed by atoms with Gasteiger partial charge in [-0.3, -0.25) is 9.69 Å². The maximum atomic E-state index is 12.3. The summed E-state index contributed by atoms with van der Waals surface area (Å²) >= 11 is 0. The van der Waals surface area contributed by atoms with Gasteiger partial charge in [0.25, 0.3) is 0 Å². The van der Waals surface area contributed by atoms with Crippen LogP contribution in [0.1, 0.15) is 37.8 Å². The lowest BCUT2D eigenvalue weighted by Gasteiger charge is -2.18. The molecule has 0 bridgehead atoms. The van der Waals surface area contributed by atoms with Crippen LogP contribution in [0.3, 0.4) is 0 Å². The molecule has 4 heteroatoms. The van der Waals surface area contributed by atoms with Crippen molar-refractivity contribution in [1.29, 1.82) is 0 Å². The number of rotatable bonds is 9. The Bertz CT molecular complexity index is 880. The minimum Gasteiger partial charge on any atom is -0.361 e. The maximum Gasteiger partial charge on any atom is 0.224 e. The van der Waals surface area contributed by atoms with Gasteiger partial charge in [-0.05, 0) is 55.3 Å². The third-order valence-corrected chi connectivity index (χ3v) is 5.04. The topological polar surface area (TPSA) is 48.1 Å². The molecule has 0 aliphatic rings. The molecule has 0 atom stereocenters. The highest BCUT2D eigenvalue weighted by molar-refractivity contribution is 5.90. The molecule has 0 fully saturated rings. The fraction of sp³-hybridized carbons (Fsp3) is 0.348. The first kappa shape index (κ1) is 19.2. The molecule has 1 heterocycles. The molecule has 0 aliphatic heterocycles. The molecule has 1 amide bonds. The number of hydrogen-bond acceptors (Lipinski definition) is 2. The van der Waals surface area contributed by atoms with Gasteiger partial charge < -0.3 is 10.3 Å². The predicted octanol–water partition coefficient (Wildman–Crippen LogP) is 4.97. The first-order chi connectivity index (χ1) is 13.2. The number of aromatic nitrogens is 1. The Morgan fingerprint density at radius 1 is 1.07 bits per heavy atom. The summed E-state index contributed by atoms with van der Waals surface area (Å²) in [4.78, 5) is 18.0. The summed E-state index contributed by atoms with van der Waals surface area (Å²) in [5, 5.41) is 4.30. The number of aryl methyl sites for hydroxylation is 1. The Balaban J connectivity index is 1.50. The number of fused-ring (bicyclic) bond motifs is 1. The SMILES string of the molecule is CCN(CC)Cc1cccc(NC(=O)CCCc2c[nH]c3ccccc23)c1. The average Bonchev–Trinajstić information content (AvgIpc) is 3.09. The number of carbonyl (C=O) groups is 1. The zero-order valence-electron chi connectivity index (χ0n) is 16.3. The molecule has 0 radical (unpaired) electrons. The Labute approximate surface area is 161 Å². The van der Waals surface area contributed by atoms with Crippen molar-refractivity contribution in [2.45, 2.75) is 39.7 Å². The highest BCUT2D eigenvalue weighted by Gasteiger charge is 2.07. The van der Waals surface area contributed by atoms with Gasteiger partial charge in [-0.2, -0.15) is 0 Å². The van der Waals surface area contributed by atoms with Crippen LogP contribution in [0.15, 0.2) is 54.7 Å². The molecule has 1 aromatic heterocycles. The van der Waals surface area contributed by atoms with Crippen molar-refractivity contribution in [2.24, 2.45) is 0 Å². The number of nitrogens with one attached hydrogen (secondary N) is 2. The summed E-state index contributed by atoms with van der Waals surface area (Å²) in [5.41, 5.74) is 4.55. The second-order valence-electron chi connectivity index (χ2n) is 6.92. The Morgan fingerprint density at radius 3 is 2.70 bits per heavy atom. The van der Waals surface area contributed by atoms with Gasteiger partial charge in [-0.25, -0.2) is 0 Å². The smallest absolute Gasteiger partial charge is 0.224 e. The van der Waals surface area contributed by atoms with Crippen LogP contribution in [-0.2, 0) is 17.8 Å². The molecule has 0 saturated heterocycles. The number of H-pyrrole nitrogens is 1. The molecule has 0 unspecified atom stereocenters.